The zero-order valence-electron chi connectivity index (χ0n) is 19.8. The van der Waals surface area contributed by atoms with E-state index >= 15 is 0 Å². The van der Waals surface area contributed by atoms with E-state index in [2.05, 4.69) is 14.8 Å². The third-order valence-corrected chi connectivity index (χ3v) is 7.44. The van der Waals surface area contributed by atoms with Crippen LogP contribution in [-0.4, -0.2) is 75.1 Å². The molecule has 0 aromatic carbocycles. The van der Waals surface area contributed by atoms with E-state index in [1.54, 1.807) is 11.1 Å². The molecular formula is C25H38N4O3. The van der Waals surface area contributed by atoms with Crippen molar-refractivity contribution in [3.8, 4) is 0 Å². The molecule has 1 aromatic rings. The summed E-state index contributed by atoms with van der Waals surface area (Å²) in [4.78, 5) is 35.7. The van der Waals surface area contributed by atoms with Crippen molar-refractivity contribution >= 4 is 17.7 Å². The maximum Gasteiger partial charge on any atom is 0.407 e. The first-order chi connectivity index (χ1) is 15.2. The van der Waals surface area contributed by atoms with Gasteiger partial charge in [-0.3, -0.25) is 4.79 Å². The summed E-state index contributed by atoms with van der Waals surface area (Å²) in [5, 5.41) is 9.81. The largest absolute Gasteiger partial charge is 0.465 e. The second-order valence-corrected chi connectivity index (χ2v) is 10.7. The number of Topliss-reactive ketones (excluding diaryl/α,β-unsaturated/α-hetero) is 1. The van der Waals surface area contributed by atoms with Crippen LogP contribution in [0.5, 0.6) is 0 Å². The lowest BCUT2D eigenvalue weighted by Crippen LogP contribution is -2.57. The average Bonchev–Trinajstić information content (AvgIpc) is 3.01. The molecule has 3 fully saturated rings. The highest BCUT2D eigenvalue weighted by atomic mass is 16.4. The molecular weight excluding hydrogens is 404 g/mol. The van der Waals surface area contributed by atoms with Gasteiger partial charge in [0.1, 0.15) is 5.82 Å². The van der Waals surface area contributed by atoms with E-state index in [0.717, 1.165) is 51.1 Å². The molecule has 3 atom stereocenters. The lowest BCUT2D eigenvalue weighted by Gasteiger charge is -2.47. The number of pyridine rings is 1. The smallest absolute Gasteiger partial charge is 0.407 e. The summed E-state index contributed by atoms with van der Waals surface area (Å²) < 4.78 is 0. The first kappa shape index (κ1) is 23.0. The Morgan fingerprint density at radius 2 is 1.75 bits per heavy atom. The lowest BCUT2D eigenvalue weighted by molar-refractivity contribution is 0.0558. The molecule has 1 aromatic heterocycles. The molecule has 1 N–H and O–H groups in total. The maximum atomic E-state index is 12.7. The molecule has 3 saturated heterocycles. The van der Waals surface area contributed by atoms with Gasteiger partial charge in [-0.1, -0.05) is 6.42 Å². The SMILES string of the molecule is CC(C)(C)N(C(=O)O)C1C[C@H]2CC[C@@H](C1)N2c1ccc(C(=O)CCN2CCCCC2)cn1. The molecule has 0 spiro atoms. The van der Waals surface area contributed by atoms with Crippen LogP contribution in [0.15, 0.2) is 18.3 Å². The molecule has 3 aliphatic heterocycles. The summed E-state index contributed by atoms with van der Waals surface area (Å²) in [6.45, 7) is 8.97. The van der Waals surface area contributed by atoms with Gasteiger partial charge < -0.3 is 19.8 Å². The Labute approximate surface area is 191 Å². The van der Waals surface area contributed by atoms with Gasteiger partial charge in [0.15, 0.2) is 5.78 Å². The van der Waals surface area contributed by atoms with Crippen molar-refractivity contribution in [3.05, 3.63) is 23.9 Å². The molecule has 1 unspecified atom stereocenters. The van der Waals surface area contributed by atoms with Gasteiger partial charge in [0.05, 0.1) is 0 Å². The molecule has 7 nitrogen and oxygen atoms in total. The van der Waals surface area contributed by atoms with Crippen molar-refractivity contribution < 1.29 is 14.7 Å². The second-order valence-electron chi connectivity index (χ2n) is 10.7. The minimum Gasteiger partial charge on any atom is -0.465 e. The average molecular weight is 443 g/mol. The quantitative estimate of drug-likeness (QED) is 0.657. The minimum absolute atomic E-state index is 0.0388. The van der Waals surface area contributed by atoms with Crippen molar-refractivity contribution in [1.29, 1.82) is 0 Å². The normalized spacial score (nSPS) is 26.2. The summed E-state index contributed by atoms with van der Waals surface area (Å²) in [7, 11) is 0. The molecule has 1 amide bonds. The Morgan fingerprint density at radius 3 is 2.28 bits per heavy atom. The second kappa shape index (κ2) is 9.38. The monoisotopic (exact) mass is 442 g/mol. The highest BCUT2D eigenvalue weighted by molar-refractivity contribution is 5.96. The Morgan fingerprint density at radius 1 is 1.09 bits per heavy atom. The van der Waals surface area contributed by atoms with Gasteiger partial charge in [-0.2, -0.15) is 0 Å². The predicted octanol–water partition coefficient (Wildman–Crippen LogP) is 4.42. The van der Waals surface area contributed by atoms with Crippen molar-refractivity contribution in [2.24, 2.45) is 0 Å². The van der Waals surface area contributed by atoms with Crippen LogP contribution in [-0.2, 0) is 0 Å². The van der Waals surface area contributed by atoms with Crippen LogP contribution in [0.3, 0.4) is 0 Å². The molecule has 32 heavy (non-hydrogen) atoms. The summed E-state index contributed by atoms with van der Waals surface area (Å²) in [5.74, 6) is 1.08. The molecule has 7 heteroatoms. The van der Waals surface area contributed by atoms with Crippen LogP contribution in [0.25, 0.3) is 0 Å². The van der Waals surface area contributed by atoms with Crippen LogP contribution < -0.4 is 4.90 Å². The molecule has 0 saturated carbocycles. The van der Waals surface area contributed by atoms with Crippen LogP contribution in [0, 0.1) is 0 Å². The summed E-state index contributed by atoms with van der Waals surface area (Å²) in [6, 6.07) is 4.55. The highest BCUT2D eigenvalue weighted by Crippen LogP contribution is 2.41. The van der Waals surface area contributed by atoms with Gasteiger partial charge in [-0.15, -0.1) is 0 Å². The van der Waals surface area contributed by atoms with Gasteiger partial charge in [-0.25, -0.2) is 9.78 Å². The first-order valence-electron chi connectivity index (χ1n) is 12.3. The summed E-state index contributed by atoms with van der Waals surface area (Å²) >= 11 is 0. The number of likely N-dealkylation sites (tertiary alicyclic amines) is 1. The minimum atomic E-state index is -0.833. The number of hydrogen-bond acceptors (Lipinski definition) is 5. The van der Waals surface area contributed by atoms with Gasteiger partial charge in [0.25, 0.3) is 0 Å². The van der Waals surface area contributed by atoms with E-state index in [4.69, 9.17) is 0 Å². The van der Waals surface area contributed by atoms with Gasteiger partial charge in [0, 0.05) is 48.4 Å². The van der Waals surface area contributed by atoms with Gasteiger partial charge >= 0.3 is 6.09 Å². The van der Waals surface area contributed by atoms with Crippen LogP contribution in [0.2, 0.25) is 0 Å². The van der Waals surface area contributed by atoms with Crippen LogP contribution in [0.4, 0.5) is 10.6 Å². The summed E-state index contributed by atoms with van der Waals surface area (Å²) in [5.41, 5.74) is 0.282. The number of aromatic nitrogens is 1. The fourth-order valence-electron chi connectivity index (χ4n) is 6.01. The Bertz CT molecular complexity index is 799. The predicted molar refractivity (Wildman–Crippen MR) is 125 cm³/mol. The number of fused-ring (bicyclic) bond motifs is 2. The van der Waals surface area contributed by atoms with E-state index in [0.29, 0.717) is 24.1 Å². The zero-order valence-corrected chi connectivity index (χ0v) is 19.8. The standard InChI is InChI=1S/C25H38N4O3/c1-25(2,3)29(24(31)32)21-15-19-8-9-20(16-21)28(19)23-10-7-18(17-26-23)22(30)11-14-27-12-5-4-6-13-27/h7,10,17,19-21H,4-6,8-9,11-16H2,1-3H3,(H,31,32)/t19-,20+,21?. The van der Waals surface area contributed by atoms with E-state index in [1.807, 2.05) is 32.9 Å². The van der Waals surface area contributed by atoms with Crippen molar-refractivity contribution in [2.75, 3.05) is 24.5 Å². The third kappa shape index (κ3) is 4.92. The van der Waals surface area contributed by atoms with E-state index in [-0.39, 0.29) is 11.8 Å². The van der Waals surface area contributed by atoms with E-state index < -0.39 is 11.6 Å². The number of carboxylic acid groups (broad SMARTS) is 1. The Hall–Kier alpha value is -2.15. The summed E-state index contributed by atoms with van der Waals surface area (Å²) in [6.07, 6.45) is 9.03. The third-order valence-electron chi connectivity index (χ3n) is 7.44. The topological polar surface area (TPSA) is 77.0 Å². The van der Waals surface area contributed by atoms with Gasteiger partial charge in [-0.05, 0) is 84.5 Å². The number of anilines is 1. The highest BCUT2D eigenvalue weighted by Gasteiger charge is 2.46. The number of hydrogen-bond donors (Lipinski definition) is 1. The molecule has 2 bridgehead atoms. The zero-order chi connectivity index (χ0) is 22.9. The number of ketones is 1. The van der Waals surface area contributed by atoms with E-state index in [1.165, 1.54) is 19.3 Å². The first-order valence-corrected chi connectivity index (χ1v) is 12.3. The number of rotatable bonds is 6. The number of carbonyl (C=O) groups excluding carboxylic acids is 1. The molecule has 0 aliphatic carbocycles. The molecule has 176 valence electrons. The Balaban J connectivity index is 1.38. The van der Waals surface area contributed by atoms with E-state index in [9.17, 15) is 14.7 Å². The number of carbonyl (C=O) groups is 2. The fourth-order valence-corrected chi connectivity index (χ4v) is 6.01. The number of piperidine rings is 2. The van der Waals surface area contributed by atoms with Crippen LogP contribution >= 0.6 is 0 Å². The molecule has 0 radical (unpaired) electrons. The molecule has 3 aliphatic rings. The molecule has 4 heterocycles. The number of amides is 1. The van der Waals surface area contributed by atoms with Crippen LogP contribution in [0.1, 0.15) is 82.5 Å². The fraction of sp³-hybridized carbons (Fsp3) is 0.720. The Kier molecular flexibility index (Phi) is 6.75. The maximum absolute atomic E-state index is 12.7. The number of nitrogens with zero attached hydrogens (tertiary/aromatic N) is 4. The molecule has 4 rings (SSSR count). The van der Waals surface area contributed by atoms with Crippen molar-refractivity contribution in [2.45, 2.75) is 95.8 Å². The van der Waals surface area contributed by atoms with Crippen molar-refractivity contribution in [1.82, 2.24) is 14.8 Å². The lowest BCUT2D eigenvalue weighted by atomic mass is 9.92. The van der Waals surface area contributed by atoms with Gasteiger partial charge in [0.2, 0.25) is 0 Å². The van der Waals surface area contributed by atoms with Crippen molar-refractivity contribution in [3.63, 3.8) is 0 Å².